The minimum absolute atomic E-state index is 0.0336. The molecule has 2 aromatic rings. The average molecular weight is 262 g/mol. The van der Waals surface area contributed by atoms with Gasteiger partial charge in [0.15, 0.2) is 0 Å². The second kappa shape index (κ2) is 4.61. The van der Waals surface area contributed by atoms with Gasteiger partial charge in [-0.15, -0.1) is 0 Å². The number of nitrogen functional groups attached to an aromatic ring is 1. The standard InChI is InChI=1S/C14H18N2OS/c1-9-5-6-10(14(2,3)4)11(7-9)17-13-16-8-12(15)18-13/h5-8H,15H2,1-4H3. The van der Waals surface area contributed by atoms with E-state index in [2.05, 4.69) is 44.8 Å². The summed E-state index contributed by atoms with van der Waals surface area (Å²) < 4.78 is 5.87. The minimum atomic E-state index is 0.0336. The fourth-order valence-corrected chi connectivity index (χ4v) is 2.29. The molecule has 0 unspecified atom stereocenters. The van der Waals surface area contributed by atoms with Gasteiger partial charge in [0.05, 0.1) is 6.20 Å². The van der Waals surface area contributed by atoms with Crippen molar-refractivity contribution in [2.75, 3.05) is 5.73 Å². The number of aryl methyl sites for hydroxylation is 1. The lowest BCUT2D eigenvalue weighted by Crippen LogP contribution is -2.12. The quantitative estimate of drug-likeness (QED) is 0.885. The van der Waals surface area contributed by atoms with Crippen LogP contribution in [0.3, 0.4) is 0 Å². The third-order valence-electron chi connectivity index (χ3n) is 2.64. The van der Waals surface area contributed by atoms with Gasteiger partial charge in [-0.1, -0.05) is 44.2 Å². The fourth-order valence-electron chi connectivity index (χ4n) is 1.74. The van der Waals surface area contributed by atoms with Gasteiger partial charge in [-0.05, 0) is 24.0 Å². The summed E-state index contributed by atoms with van der Waals surface area (Å²) in [5.41, 5.74) is 8.03. The highest BCUT2D eigenvalue weighted by Crippen LogP contribution is 2.36. The normalized spacial score (nSPS) is 11.6. The van der Waals surface area contributed by atoms with Crippen molar-refractivity contribution in [3.05, 3.63) is 35.5 Å². The second-order valence-electron chi connectivity index (χ2n) is 5.38. The van der Waals surface area contributed by atoms with Gasteiger partial charge in [-0.3, -0.25) is 0 Å². The summed E-state index contributed by atoms with van der Waals surface area (Å²) in [6.45, 7) is 8.55. The fraction of sp³-hybridized carbons (Fsp3) is 0.357. The number of nitrogens with two attached hydrogens (primary N) is 1. The predicted octanol–water partition coefficient (Wildman–Crippen LogP) is 4.12. The summed E-state index contributed by atoms with van der Waals surface area (Å²) in [7, 11) is 0. The number of benzene rings is 1. The molecule has 0 bridgehead atoms. The van der Waals surface area contributed by atoms with Crippen LogP contribution < -0.4 is 10.5 Å². The largest absolute Gasteiger partial charge is 0.431 e. The first-order chi connectivity index (χ1) is 8.36. The third kappa shape index (κ3) is 2.82. The van der Waals surface area contributed by atoms with E-state index < -0.39 is 0 Å². The number of hydrogen-bond donors (Lipinski definition) is 1. The van der Waals surface area contributed by atoms with Crippen molar-refractivity contribution in [3.8, 4) is 10.9 Å². The Balaban J connectivity index is 2.39. The average Bonchev–Trinajstić information content (AvgIpc) is 2.62. The molecule has 0 saturated carbocycles. The zero-order valence-electron chi connectivity index (χ0n) is 11.2. The smallest absolute Gasteiger partial charge is 0.280 e. The van der Waals surface area contributed by atoms with Gasteiger partial charge in [0.1, 0.15) is 10.8 Å². The SMILES string of the molecule is Cc1ccc(C(C)(C)C)c(Oc2ncc(N)s2)c1. The summed E-state index contributed by atoms with van der Waals surface area (Å²) in [6.07, 6.45) is 1.62. The van der Waals surface area contributed by atoms with Crippen LogP contribution >= 0.6 is 11.3 Å². The molecular formula is C14H18N2OS. The number of hydrogen-bond acceptors (Lipinski definition) is 4. The molecule has 0 aliphatic rings. The van der Waals surface area contributed by atoms with Crippen LogP contribution in [0.25, 0.3) is 0 Å². The molecule has 2 rings (SSSR count). The Bertz CT molecular complexity index is 555. The lowest BCUT2D eigenvalue weighted by Gasteiger charge is -2.22. The minimum Gasteiger partial charge on any atom is -0.431 e. The third-order valence-corrected chi connectivity index (χ3v) is 3.35. The van der Waals surface area contributed by atoms with Gasteiger partial charge in [0.2, 0.25) is 0 Å². The van der Waals surface area contributed by atoms with E-state index in [1.807, 2.05) is 6.07 Å². The van der Waals surface area contributed by atoms with Crippen LogP contribution in [0, 0.1) is 6.92 Å². The maximum Gasteiger partial charge on any atom is 0.280 e. The predicted molar refractivity (Wildman–Crippen MR) is 76.5 cm³/mol. The van der Waals surface area contributed by atoms with E-state index in [1.54, 1.807) is 6.20 Å². The number of thiazole rings is 1. The van der Waals surface area contributed by atoms with E-state index in [0.29, 0.717) is 10.2 Å². The molecule has 4 heteroatoms. The van der Waals surface area contributed by atoms with Crippen molar-refractivity contribution in [1.29, 1.82) is 0 Å². The zero-order chi connectivity index (χ0) is 13.3. The molecule has 1 heterocycles. The summed E-state index contributed by atoms with van der Waals surface area (Å²) in [4.78, 5) is 4.14. The molecule has 0 atom stereocenters. The molecule has 0 aliphatic carbocycles. The van der Waals surface area contributed by atoms with Gasteiger partial charge < -0.3 is 10.5 Å². The van der Waals surface area contributed by atoms with Crippen LogP contribution in [0.4, 0.5) is 5.00 Å². The molecule has 0 saturated heterocycles. The number of ether oxygens (including phenoxy) is 1. The van der Waals surface area contributed by atoms with Gasteiger partial charge in [0.25, 0.3) is 5.19 Å². The molecular weight excluding hydrogens is 244 g/mol. The molecule has 0 spiro atoms. The van der Waals surface area contributed by atoms with E-state index >= 15 is 0 Å². The van der Waals surface area contributed by atoms with E-state index in [4.69, 9.17) is 10.5 Å². The molecule has 96 valence electrons. The molecule has 2 N–H and O–H groups in total. The molecule has 0 amide bonds. The van der Waals surface area contributed by atoms with Gasteiger partial charge in [0, 0.05) is 5.56 Å². The zero-order valence-corrected chi connectivity index (χ0v) is 12.0. The first-order valence-electron chi connectivity index (χ1n) is 5.86. The van der Waals surface area contributed by atoms with E-state index in [-0.39, 0.29) is 5.41 Å². The van der Waals surface area contributed by atoms with Crippen molar-refractivity contribution in [3.63, 3.8) is 0 Å². The van der Waals surface area contributed by atoms with Crippen molar-refractivity contribution in [1.82, 2.24) is 4.98 Å². The van der Waals surface area contributed by atoms with Crippen LogP contribution in [0.15, 0.2) is 24.4 Å². The van der Waals surface area contributed by atoms with Crippen LogP contribution in [0.2, 0.25) is 0 Å². The number of anilines is 1. The number of aromatic nitrogens is 1. The Labute approximate surface area is 112 Å². The molecule has 0 aliphatic heterocycles. The lowest BCUT2D eigenvalue weighted by molar-refractivity contribution is 0.452. The van der Waals surface area contributed by atoms with Crippen molar-refractivity contribution < 1.29 is 4.74 Å². The number of nitrogens with zero attached hydrogens (tertiary/aromatic N) is 1. The van der Waals surface area contributed by atoms with Gasteiger partial charge >= 0.3 is 0 Å². The maximum atomic E-state index is 5.87. The molecule has 3 nitrogen and oxygen atoms in total. The number of rotatable bonds is 2. The summed E-state index contributed by atoms with van der Waals surface area (Å²) in [5.74, 6) is 0.858. The van der Waals surface area contributed by atoms with Crippen LogP contribution in [-0.4, -0.2) is 4.98 Å². The highest BCUT2D eigenvalue weighted by molar-refractivity contribution is 7.17. The first-order valence-corrected chi connectivity index (χ1v) is 6.68. The van der Waals surface area contributed by atoms with Crippen LogP contribution in [0.1, 0.15) is 31.9 Å². The van der Waals surface area contributed by atoms with E-state index in [0.717, 1.165) is 5.75 Å². The molecule has 18 heavy (non-hydrogen) atoms. The van der Waals surface area contributed by atoms with Gasteiger partial charge in [-0.25, -0.2) is 4.98 Å². The lowest BCUT2D eigenvalue weighted by atomic mass is 9.86. The molecule has 0 radical (unpaired) electrons. The first kappa shape index (κ1) is 12.9. The topological polar surface area (TPSA) is 48.1 Å². The Morgan fingerprint density at radius 3 is 2.56 bits per heavy atom. The van der Waals surface area contributed by atoms with Gasteiger partial charge in [-0.2, -0.15) is 0 Å². The molecule has 0 fully saturated rings. The highest BCUT2D eigenvalue weighted by Gasteiger charge is 2.20. The Morgan fingerprint density at radius 1 is 1.28 bits per heavy atom. The van der Waals surface area contributed by atoms with Crippen molar-refractivity contribution in [2.45, 2.75) is 33.1 Å². The second-order valence-corrected chi connectivity index (χ2v) is 6.40. The van der Waals surface area contributed by atoms with Crippen LogP contribution in [0.5, 0.6) is 10.9 Å². The molecule has 1 aromatic carbocycles. The Hall–Kier alpha value is -1.55. The summed E-state index contributed by atoms with van der Waals surface area (Å²) >= 11 is 1.35. The summed E-state index contributed by atoms with van der Waals surface area (Å²) in [6, 6.07) is 6.25. The van der Waals surface area contributed by atoms with E-state index in [1.165, 1.54) is 22.5 Å². The molecule has 1 aromatic heterocycles. The maximum absolute atomic E-state index is 5.87. The monoisotopic (exact) mass is 262 g/mol. The summed E-state index contributed by atoms with van der Waals surface area (Å²) in [5, 5.41) is 1.25. The Morgan fingerprint density at radius 2 is 2.00 bits per heavy atom. The Kier molecular flexibility index (Phi) is 3.30. The highest BCUT2D eigenvalue weighted by atomic mass is 32.1. The van der Waals surface area contributed by atoms with Crippen molar-refractivity contribution in [2.24, 2.45) is 0 Å². The van der Waals surface area contributed by atoms with Crippen molar-refractivity contribution >= 4 is 16.3 Å². The van der Waals surface area contributed by atoms with E-state index in [9.17, 15) is 0 Å². The van der Waals surface area contributed by atoms with Crippen LogP contribution in [-0.2, 0) is 5.41 Å².